The van der Waals surface area contributed by atoms with Gasteiger partial charge in [-0.2, -0.15) is 11.8 Å². The van der Waals surface area contributed by atoms with Crippen molar-refractivity contribution >= 4 is 17.4 Å². The average Bonchev–Trinajstić information content (AvgIpc) is 2.77. The van der Waals surface area contributed by atoms with Crippen LogP contribution in [0.4, 0.5) is 5.69 Å². The molecule has 1 heterocycles. The largest absolute Gasteiger partial charge is 0.463 e. The van der Waals surface area contributed by atoms with Crippen LogP contribution < -0.4 is 5.32 Å². The Balaban J connectivity index is 1.90. The monoisotopic (exact) mass is 247 g/mol. The minimum absolute atomic E-state index is 0.734. The van der Waals surface area contributed by atoms with Crippen LogP contribution in [0.3, 0.4) is 0 Å². The van der Waals surface area contributed by atoms with E-state index in [-0.39, 0.29) is 0 Å². The summed E-state index contributed by atoms with van der Waals surface area (Å²) in [7, 11) is 0. The van der Waals surface area contributed by atoms with Gasteiger partial charge in [-0.15, -0.1) is 0 Å². The lowest BCUT2D eigenvalue weighted by Crippen LogP contribution is -1.97. The third-order valence-corrected chi connectivity index (χ3v) is 3.10. The summed E-state index contributed by atoms with van der Waals surface area (Å²) in [6.45, 7) is 2.82. The van der Waals surface area contributed by atoms with E-state index in [1.165, 1.54) is 5.56 Å². The van der Waals surface area contributed by atoms with Crippen molar-refractivity contribution < 1.29 is 4.42 Å². The highest BCUT2D eigenvalue weighted by atomic mass is 32.2. The molecule has 0 atom stereocenters. The van der Waals surface area contributed by atoms with Crippen LogP contribution >= 0.6 is 11.8 Å². The Hall–Kier alpha value is -1.35. The zero-order valence-electron chi connectivity index (χ0n) is 10.2. The number of hydrogen-bond acceptors (Lipinski definition) is 3. The van der Waals surface area contributed by atoms with E-state index in [0.29, 0.717) is 0 Å². The van der Waals surface area contributed by atoms with Crippen LogP contribution in [0.1, 0.15) is 17.1 Å². The summed E-state index contributed by atoms with van der Waals surface area (Å²) in [6, 6.07) is 12.4. The van der Waals surface area contributed by atoms with Crippen molar-refractivity contribution in [1.82, 2.24) is 0 Å². The molecule has 0 aliphatic rings. The number of furan rings is 1. The molecule has 90 valence electrons. The molecule has 3 heteroatoms. The van der Waals surface area contributed by atoms with Crippen molar-refractivity contribution in [2.45, 2.75) is 19.2 Å². The number of aryl methyl sites for hydroxylation is 1. The van der Waals surface area contributed by atoms with Gasteiger partial charge in [0.05, 0.1) is 12.3 Å². The molecule has 0 bridgehead atoms. The highest BCUT2D eigenvalue weighted by Crippen LogP contribution is 2.15. The summed E-state index contributed by atoms with van der Waals surface area (Å²) in [6.07, 6.45) is 2.08. The second-order valence-corrected chi connectivity index (χ2v) is 4.89. The van der Waals surface area contributed by atoms with Crippen LogP contribution in [0.5, 0.6) is 0 Å². The Kier molecular flexibility index (Phi) is 4.15. The van der Waals surface area contributed by atoms with Gasteiger partial charge in [0, 0.05) is 5.69 Å². The molecule has 0 spiro atoms. The standard InChI is InChI=1S/C14H17NOS/c1-11-3-5-12(6-4-11)15-9-13-7-8-14(16-13)10-17-2/h3-8,15H,9-10H2,1-2H3. The predicted octanol–water partition coefficient (Wildman–Crippen LogP) is 4.06. The van der Waals surface area contributed by atoms with Gasteiger partial charge in [-0.1, -0.05) is 17.7 Å². The van der Waals surface area contributed by atoms with Crippen LogP contribution in [-0.2, 0) is 12.3 Å². The van der Waals surface area contributed by atoms with Crippen molar-refractivity contribution in [1.29, 1.82) is 0 Å². The van der Waals surface area contributed by atoms with Crippen molar-refractivity contribution in [2.24, 2.45) is 0 Å². The molecule has 1 N–H and O–H groups in total. The topological polar surface area (TPSA) is 25.2 Å². The van der Waals surface area contributed by atoms with E-state index < -0.39 is 0 Å². The maximum absolute atomic E-state index is 5.69. The zero-order valence-corrected chi connectivity index (χ0v) is 11.0. The molecule has 2 nitrogen and oxygen atoms in total. The smallest absolute Gasteiger partial charge is 0.123 e. The maximum Gasteiger partial charge on any atom is 0.123 e. The maximum atomic E-state index is 5.69. The SMILES string of the molecule is CSCc1ccc(CNc2ccc(C)cc2)o1. The lowest BCUT2D eigenvalue weighted by atomic mass is 10.2. The molecular weight excluding hydrogens is 230 g/mol. The van der Waals surface area contributed by atoms with E-state index in [0.717, 1.165) is 29.5 Å². The number of rotatable bonds is 5. The number of anilines is 1. The molecule has 0 unspecified atom stereocenters. The van der Waals surface area contributed by atoms with Crippen LogP contribution in [-0.4, -0.2) is 6.26 Å². The lowest BCUT2D eigenvalue weighted by molar-refractivity contribution is 0.487. The summed E-state index contributed by atoms with van der Waals surface area (Å²) in [4.78, 5) is 0. The second-order valence-electron chi connectivity index (χ2n) is 4.02. The summed E-state index contributed by atoms with van der Waals surface area (Å²) in [5.41, 5.74) is 2.40. The van der Waals surface area contributed by atoms with Gasteiger partial charge in [0.1, 0.15) is 11.5 Å². The van der Waals surface area contributed by atoms with E-state index >= 15 is 0 Å². The summed E-state index contributed by atoms with van der Waals surface area (Å²) < 4.78 is 5.69. The fraction of sp³-hybridized carbons (Fsp3) is 0.286. The fourth-order valence-electron chi connectivity index (χ4n) is 1.60. The first-order valence-corrected chi connectivity index (χ1v) is 7.04. The van der Waals surface area contributed by atoms with Crippen molar-refractivity contribution in [3.8, 4) is 0 Å². The molecule has 0 aliphatic heterocycles. The van der Waals surface area contributed by atoms with E-state index in [9.17, 15) is 0 Å². The minimum Gasteiger partial charge on any atom is -0.463 e. The zero-order chi connectivity index (χ0) is 12.1. The van der Waals surface area contributed by atoms with Crippen LogP contribution in [0.25, 0.3) is 0 Å². The molecular formula is C14H17NOS. The first kappa shape index (κ1) is 12.1. The highest BCUT2D eigenvalue weighted by molar-refractivity contribution is 7.97. The van der Waals surface area contributed by atoms with Gasteiger partial charge in [0.15, 0.2) is 0 Å². The normalized spacial score (nSPS) is 10.5. The third-order valence-electron chi connectivity index (χ3n) is 2.52. The van der Waals surface area contributed by atoms with E-state index in [2.05, 4.69) is 42.8 Å². The van der Waals surface area contributed by atoms with Crippen molar-refractivity contribution in [3.63, 3.8) is 0 Å². The molecule has 2 aromatic rings. The molecule has 17 heavy (non-hydrogen) atoms. The number of thioether (sulfide) groups is 1. The fourth-order valence-corrected chi connectivity index (χ4v) is 2.04. The third kappa shape index (κ3) is 3.56. The Morgan fingerprint density at radius 2 is 1.76 bits per heavy atom. The van der Waals surface area contributed by atoms with Gasteiger partial charge in [0.25, 0.3) is 0 Å². The molecule has 1 aromatic carbocycles. The molecule has 0 amide bonds. The first-order valence-electron chi connectivity index (χ1n) is 5.65. The van der Waals surface area contributed by atoms with Crippen molar-refractivity contribution in [2.75, 3.05) is 11.6 Å². The van der Waals surface area contributed by atoms with E-state index in [1.54, 1.807) is 11.8 Å². The second kappa shape index (κ2) is 5.82. The minimum atomic E-state index is 0.734. The molecule has 0 aliphatic carbocycles. The van der Waals surface area contributed by atoms with Gasteiger partial charge >= 0.3 is 0 Å². The quantitative estimate of drug-likeness (QED) is 0.862. The van der Waals surface area contributed by atoms with Gasteiger partial charge in [-0.25, -0.2) is 0 Å². The van der Waals surface area contributed by atoms with Crippen LogP contribution in [0, 0.1) is 6.92 Å². The average molecular weight is 247 g/mol. The molecule has 0 radical (unpaired) electrons. The summed E-state index contributed by atoms with van der Waals surface area (Å²) >= 11 is 1.77. The predicted molar refractivity (Wildman–Crippen MR) is 74.4 cm³/mol. The Morgan fingerprint density at radius 3 is 2.47 bits per heavy atom. The van der Waals surface area contributed by atoms with Crippen LogP contribution in [0.15, 0.2) is 40.8 Å². The molecule has 1 aromatic heterocycles. The highest BCUT2D eigenvalue weighted by Gasteiger charge is 2.01. The van der Waals surface area contributed by atoms with Crippen LogP contribution in [0.2, 0.25) is 0 Å². The summed E-state index contributed by atoms with van der Waals surface area (Å²) in [5.74, 6) is 2.96. The molecule has 2 rings (SSSR count). The molecule has 0 saturated heterocycles. The molecule has 0 fully saturated rings. The number of nitrogens with one attached hydrogen (secondary N) is 1. The lowest BCUT2D eigenvalue weighted by Gasteiger charge is -2.04. The van der Waals surface area contributed by atoms with E-state index in [1.807, 2.05) is 12.1 Å². The number of hydrogen-bond donors (Lipinski definition) is 1. The van der Waals surface area contributed by atoms with Gasteiger partial charge in [0.2, 0.25) is 0 Å². The Bertz CT molecular complexity index is 461. The number of benzene rings is 1. The van der Waals surface area contributed by atoms with Crippen molar-refractivity contribution in [3.05, 3.63) is 53.5 Å². The first-order chi connectivity index (χ1) is 8.28. The summed E-state index contributed by atoms with van der Waals surface area (Å²) in [5, 5.41) is 3.34. The Labute approximate surface area is 106 Å². The van der Waals surface area contributed by atoms with Gasteiger partial charge in [-0.05, 0) is 37.4 Å². The van der Waals surface area contributed by atoms with E-state index in [4.69, 9.17) is 4.42 Å². The van der Waals surface area contributed by atoms with Gasteiger partial charge in [-0.3, -0.25) is 0 Å². The van der Waals surface area contributed by atoms with Gasteiger partial charge < -0.3 is 9.73 Å². The Morgan fingerprint density at radius 1 is 1.06 bits per heavy atom. The molecule has 0 saturated carbocycles.